The van der Waals surface area contributed by atoms with Crippen molar-refractivity contribution < 1.29 is 13.2 Å². The first-order valence-corrected chi connectivity index (χ1v) is 13.3. The van der Waals surface area contributed by atoms with Crippen LogP contribution in [0.3, 0.4) is 0 Å². The molecule has 184 valence electrons. The molecule has 1 amide bonds. The largest absolute Gasteiger partial charge is 0.344 e. The van der Waals surface area contributed by atoms with E-state index >= 15 is 0 Å². The zero-order valence-corrected chi connectivity index (χ0v) is 21.5. The first kappa shape index (κ1) is 25.2. The predicted octanol–water partition coefficient (Wildman–Crippen LogP) is 5.71. The Kier molecular flexibility index (Phi) is 7.55. The highest BCUT2D eigenvalue weighted by Crippen LogP contribution is 2.29. The van der Waals surface area contributed by atoms with Gasteiger partial charge in [-0.1, -0.05) is 84.9 Å². The van der Waals surface area contributed by atoms with E-state index in [2.05, 4.69) is 5.32 Å². The molecule has 0 saturated carbocycles. The molecule has 6 heteroatoms. The molecule has 0 aliphatic heterocycles. The molecule has 4 rings (SSSR count). The summed E-state index contributed by atoms with van der Waals surface area (Å²) in [5.74, 6) is -0.396. The van der Waals surface area contributed by atoms with Gasteiger partial charge in [-0.05, 0) is 66.8 Å². The molecule has 0 aromatic heterocycles. The third-order valence-corrected chi connectivity index (χ3v) is 8.17. The fourth-order valence-corrected chi connectivity index (χ4v) is 5.76. The summed E-state index contributed by atoms with van der Waals surface area (Å²) in [7, 11) is -3.99. The lowest BCUT2D eigenvalue weighted by molar-refractivity contribution is -0.120. The molecular formula is C30H30N2O3S. The summed E-state index contributed by atoms with van der Waals surface area (Å²) in [5.41, 5.74) is 5.16. The number of rotatable bonds is 8. The van der Waals surface area contributed by atoms with E-state index in [0.29, 0.717) is 5.69 Å². The van der Waals surface area contributed by atoms with Crippen molar-refractivity contribution in [3.8, 4) is 0 Å². The van der Waals surface area contributed by atoms with Crippen molar-refractivity contribution in [3.63, 3.8) is 0 Å². The second-order valence-electron chi connectivity index (χ2n) is 8.81. The zero-order valence-electron chi connectivity index (χ0n) is 20.7. The minimum Gasteiger partial charge on any atom is -0.344 e. The van der Waals surface area contributed by atoms with Gasteiger partial charge in [0.05, 0.1) is 16.6 Å². The van der Waals surface area contributed by atoms with Crippen molar-refractivity contribution in [1.82, 2.24) is 5.32 Å². The average Bonchev–Trinajstić information content (AvgIpc) is 2.89. The maximum atomic E-state index is 13.8. The van der Waals surface area contributed by atoms with Crippen LogP contribution in [0.2, 0.25) is 0 Å². The van der Waals surface area contributed by atoms with Gasteiger partial charge in [-0.15, -0.1) is 0 Å². The van der Waals surface area contributed by atoms with Crippen LogP contribution in [-0.4, -0.2) is 20.9 Å². The minimum atomic E-state index is -3.99. The van der Waals surface area contributed by atoms with Crippen LogP contribution >= 0.6 is 0 Å². The summed E-state index contributed by atoms with van der Waals surface area (Å²) >= 11 is 0. The number of nitrogens with one attached hydrogen (secondary N) is 1. The van der Waals surface area contributed by atoms with Crippen molar-refractivity contribution in [2.45, 2.75) is 31.7 Å². The first-order chi connectivity index (χ1) is 17.3. The van der Waals surface area contributed by atoms with Crippen LogP contribution in [0.1, 0.15) is 33.9 Å². The SMILES string of the molecule is Cc1ccccc1[C@H](NC(=O)CN(c1cccc(C)c1C)S(=O)(=O)c1ccccc1)c1ccccc1. The van der Waals surface area contributed by atoms with Gasteiger partial charge < -0.3 is 5.32 Å². The maximum Gasteiger partial charge on any atom is 0.264 e. The Balaban J connectivity index is 1.73. The van der Waals surface area contributed by atoms with Crippen LogP contribution in [0.5, 0.6) is 0 Å². The second kappa shape index (κ2) is 10.8. The predicted molar refractivity (Wildman–Crippen MR) is 144 cm³/mol. The second-order valence-corrected chi connectivity index (χ2v) is 10.7. The molecule has 1 N–H and O–H groups in total. The highest BCUT2D eigenvalue weighted by atomic mass is 32.2. The van der Waals surface area contributed by atoms with Crippen LogP contribution in [0, 0.1) is 20.8 Å². The first-order valence-electron chi connectivity index (χ1n) is 11.8. The number of sulfonamides is 1. The van der Waals surface area contributed by atoms with Crippen molar-refractivity contribution >= 4 is 21.6 Å². The smallest absolute Gasteiger partial charge is 0.264 e. The molecule has 0 aliphatic rings. The van der Waals surface area contributed by atoms with Gasteiger partial charge in [0.25, 0.3) is 10.0 Å². The number of hydrogen-bond acceptors (Lipinski definition) is 3. The highest BCUT2D eigenvalue weighted by Gasteiger charge is 2.29. The molecule has 0 aliphatic carbocycles. The summed E-state index contributed by atoms with van der Waals surface area (Å²) in [6, 6.07) is 30.8. The number of benzene rings is 4. The van der Waals surface area contributed by atoms with E-state index in [1.165, 1.54) is 4.31 Å². The molecular weight excluding hydrogens is 468 g/mol. The van der Waals surface area contributed by atoms with Gasteiger partial charge in [0.2, 0.25) is 5.91 Å². The summed E-state index contributed by atoms with van der Waals surface area (Å²) in [4.78, 5) is 13.7. The van der Waals surface area contributed by atoms with Gasteiger partial charge in [0.15, 0.2) is 0 Å². The van der Waals surface area contributed by atoms with Gasteiger partial charge in [-0.2, -0.15) is 0 Å². The van der Waals surface area contributed by atoms with Gasteiger partial charge in [-0.25, -0.2) is 8.42 Å². The fraction of sp³-hybridized carbons (Fsp3) is 0.167. The van der Waals surface area contributed by atoms with Gasteiger partial charge in [0, 0.05) is 0 Å². The van der Waals surface area contributed by atoms with Gasteiger partial charge in [-0.3, -0.25) is 9.10 Å². The average molecular weight is 499 g/mol. The normalized spacial score (nSPS) is 12.1. The number of aryl methyl sites for hydroxylation is 2. The zero-order chi connectivity index (χ0) is 25.7. The van der Waals surface area contributed by atoms with E-state index in [-0.39, 0.29) is 11.4 Å². The van der Waals surface area contributed by atoms with Gasteiger partial charge >= 0.3 is 0 Å². The van der Waals surface area contributed by atoms with Gasteiger partial charge in [0.1, 0.15) is 6.54 Å². The summed E-state index contributed by atoms with van der Waals surface area (Å²) < 4.78 is 28.7. The number of nitrogens with zero attached hydrogens (tertiary/aromatic N) is 1. The molecule has 0 radical (unpaired) electrons. The molecule has 5 nitrogen and oxygen atoms in total. The lowest BCUT2D eigenvalue weighted by Gasteiger charge is -2.28. The Morgan fingerprint density at radius 2 is 1.33 bits per heavy atom. The van der Waals surface area contributed by atoms with E-state index in [4.69, 9.17) is 0 Å². The van der Waals surface area contributed by atoms with Crippen LogP contribution in [0.4, 0.5) is 5.69 Å². The minimum absolute atomic E-state index is 0.136. The Labute approximate surface area is 213 Å². The summed E-state index contributed by atoms with van der Waals surface area (Å²) in [6.45, 7) is 5.45. The summed E-state index contributed by atoms with van der Waals surface area (Å²) in [6.07, 6.45) is 0. The lowest BCUT2D eigenvalue weighted by Crippen LogP contribution is -2.42. The Hall–Kier alpha value is -3.90. The number of carbonyl (C=O) groups is 1. The van der Waals surface area contributed by atoms with E-state index < -0.39 is 22.0 Å². The van der Waals surface area contributed by atoms with Crippen LogP contribution in [-0.2, 0) is 14.8 Å². The molecule has 36 heavy (non-hydrogen) atoms. The number of amides is 1. The molecule has 4 aromatic rings. The van der Waals surface area contributed by atoms with E-state index in [1.807, 2.05) is 87.5 Å². The fourth-order valence-electron chi connectivity index (χ4n) is 4.26. The van der Waals surface area contributed by atoms with Crippen molar-refractivity contribution in [1.29, 1.82) is 0 Å². The number of carbonyl (C=O) groups excluding carboxylic acids is 1. The standard InChI is InChI=1S/C30H30N2O3S/c1-22-14-12-20-28(24(22)3)32(36(34,35)26-17-8-5-9-18-26)21-29(33)31-30(25-15-6-4-7-16-25)27-19-11-10-13-23(27)2/h4-20,30H,21H2,1-3H3,(H,31,33)/t30-/m1/s1. The maximum absolute atomic E-state index is 13.8. The highest BCUT2D eigenvalue weighted by molar-refractivity contribution is 7.92. The monoisotopic (exact) mass is 498 g/mol. The molecule has 0 bridgehead atoms. The van der Waals surface area contributed by atoms with Crippen LogP contribution in [0.25, 0.3) is 0 Å². The molecule has 0 heterocycles. The Morgan fingerprint density at radius 1 is 0.750 bits per heavy atom. The topological polar surface area (TPSA) is 66.5 Å². The van der Waals surface area contributed by atoms with Crippen LogP contribution in [0.15, 0.2) is 108 Å². The Bertz CT molecular complexity index is 1450. The Morgan fingerprint density at radius 3 is 2.00 bits per heavy atom. The van der Waals surface area contributed by atoms with Crippen molar-refractivity contribution in [3.05, 3.63) is 131 Å². The van der Waals surface area contributed by atoms with E-state index in [9.17, 15) is 13.2 Å². The molecule has 0 spiro atoms. The number of anilines is 1. The third kappa shape index (κ3) is 5.34. The summed E-state index contributed by atoms with van der Waals surface area (Å²) in [5, 5.41) is 3.10. The quantitative estimate of drug-likeness (QED) is 0.338. The lowest BCUT2D eigenvalue weighted by atomic mass is 9.95. The molecule has 1 atom stereocenters. The molecule has 4 aromatic carbocycles. The molecule has 0 unspecified atom stereocenters. The third-order valence-electron chi connectivity index (χ3n) is 6.40. The van der Waals surface area contributed by atoms with E-state index in [1.54, 1.807) is 36.4 Å². The van der Waals surface area contributed by atoms with E-state index in [0.717, 1.165) is 27.8 Å². The van der Waals surface area contributed by atoms with Crippen LogP contribution < -0.4 is 9.62 Å². The van der Waals surface area contributed by atoms with Crippen molar-refractivity contribution in [2.24, 2.45) is 0 Å². The molecule has 0 saturated heterocycles. The van der Waals surface area contributed by atoms with Crippen molar-refractivity contribution in [2.75, 3.05) is 10.8 Å². The molecule has 0 fully saturated rings. The number of hydrogen-bond donors (Lipinski definition) is 1.